The predicted molar refractivity (Wildman–Crippen MR) is 87.8 cm³/mol. The van der Waals surface area contributed by atoms with Gasteiger partial charge in [-0.15, -0.1) is 11.3 Å². The minimum absolute atomic E-state index is 0.0650. The van der Waals surface area contributed by atoms with Crippen LogP contribution >= 0.6 is 11.3 Å². The van der Waals surface area contributed by atoms with Crippen LogP contribution in [-0.4, -0.2) is 44.9 Å². The van der Waals surface area contributed by atoms with Crippen LogP contribution in [0.5, 0.6) is 0 Å². The molecule has 0 aromatic carbocycles. The quantitative estimate of drug-likeness (QED) is 0.797. The van der Waals surface area contributed by atoms with Gasteiger partial charge in [0.25, 0.3) is 10.2 Å². The van der Waals surface area contributed by atoms with E-state index < -0.39 is 10.2 Å². The summed E-state index contributed by atoms with van der Waals surface area (Å²) in [6.07, 6.45) is 3.71. The van der Waals surface area contributed by atoms with Gasteiger partial charge in [-0.1, -0.05) is 12.5 Å². The third kappa shape index (κ3) is 4.75. The van der Waals surface area contributed by atoms with Crippen molar-refractivity contribution >= 4 is 21.5 Å². The molecule has 0 aliphatic carbocycles. The van der Waals surface area contributed by atoms with E-state index in [1.54, 1.807) is 15.6 Å². The highest BCUT2D eigenvalue weighted by atomic mass is 32.2. The Bertz CT molecular complexity index is 514. The van der Waals surface area contributed by atoms with Gasteiger partial charge in [0.05, 0.1) is 0 Å². The number of piperidine rings is 1. The van der Waals surface area contributed by atoms with Crippen molar-refractivity contribution in [3.05, 3.63) is 22.4 Å². The number of likely N-dealkylation sites (N-methyl/N-ethyl adjacent to an activating group) is 1. The average molecular weight is 332 g/mol. The molecule has 2 heterocycles. The second kappa shape index (κ2) is 7.69. The zero-order valence-corrected chi connectivity index (χ0v) is 14.3. The molecule has 0 radical (unpaired) electrons. The summed E-state index contributed by atoms with van der Waals surface area (Å²) in [6, 6.07) is 4.01. The normalized spacial score (nSPS) is 22.3. The lowest BCUT2D eigenvalue weighted by Crippen LogP contribution is -2.53. The first-order chi connectivity index (χ1) is 10.0. The lowest BCUT2D eigenvalue weighted by Gasteiger charge is -2.35. The largest absolute Gasteiger partial charge is 0.318 e. The van der Waals surface area contributed by atoms with Gasteiger partial charge >= 0.3 is 0 Å². The number of hydrogen-bond acceptors (Lipinski definition) is 4. The Labute approximate surface area is 131 Å². The van der Waals surface area contributed by atoms with Gasteiger partial charge in [-0.2, -0.15) is 17.4 Å². The van der Waals surface area contributed by atoms with E-state index in [-0.39, 0.29) is 12.1 Å². The van der Waals surface area contributed by atoms with Crippen LogP contribution in [0.1, 0.15) is 31.1 Å². The minimum Gasteiger partial charge on any atom is -0.318 e. The molecule has 1 saturated heterocycles. The number of rotatable bonds is 7. The van der Waals surface area contributed by atoms with Crippen molar-refractivity contribution in [2.75, 3.05) is 20.1 Å². The van der Waals surface area contributed by atoms with Gasteiger partial charge in [0.1, 0.15) is 0 Å². The zero-order valence-electron chi connectivity index (χ0n) is 12.7. The topological polar surface area (TPSA) is 61.4 Å². The van der Waals surface area contributed by atoms with Crippen molar-refractivity contribution in [2.24, 2.45) is 0 Å². The monoisotopic (exact) mass is 331 g/mol. The molecule has 0 spiro atoms. The van der Waals surface area contributed by atoms with Gasteiger partial charge < -0.3 is 5.32 Å². The highest BCUT2D eigenvalue weighted by molar-refractivity contribution is 7.87. The molecule has 1 aliphatic rings. The summed E-state index contributed by atoms with van der Waals surface area (Å²) in [7, 11) is -1.54. The van der Waals surface area contributed by atoms with E-state index >= 15 is 0 Å². The Morgan fingerprint density at radius 2 is 2.29 bits per heavy atom. The Morgan fingerprint density at radius 1 is 1.48 bits per heavy atom. The summed E-state index contributed by atoms with van der Waals surface area (Å²) in [4.78, 5) is 1.20. The van der Waals surface area contributed by atoms with Crippen molar-refractivity contribution in [1.82, 2.24) is 14.3 Å². The fourth-order valence-corrected chi connectivity index (χ4v) is 5.33. The number of nitrogens with zero attached hydrogens (tertiary/aromatic N) is 1. The Balaban J connectivity index is 1.98. The van der Waals surface area contributed by atoms with Gasteiger partial charge in [-0.3, -0.25) is 0 Å². The fourth-order valence-electron chi connectivity index (χ4n) is 2.82. The summed E-state index contributed by atoms with van der Waals surface area (Å²) >= 11 is 1.66. The van der Waals surface area contributed by atoms with Crippen LogP contribution in [0.4, 0.5) is 0 Å². The third-order valence-electron chi connectivity index (χ3n) is 3.76. The standard InChI is InChI=1S/C14H25N3O2S2/c1-12(10-14-7-5-9-20-14)16-21(18,19)17-8-4-3-6-13(17)11-15-2/h5,7,9,12-13,15-16H,3-4,6,8,10-11H2,1-2H3. The summed E-state index contributed by atoms with van der Waals surface area (Å²) in [6.45, 7) is 3.25. The molecule has 0 saturated carbocycles. The van der Waals surface area contributed by atoms with Crippen LogP contribution in [0, 0.1) is 0 Å². The first kappa shape index (κ1) is 16.9. The molecule has 1 aromatic rings. The maximum Gasteiger partial charge on any atom is 0.279 e. The molecule has 21 heavy (non-hydrogen) atoms. The smallest absolute Gasteiger partial charge is 0.279 e. The lowest BCUT2D eigenvalue weighted by molar-refractivity contribution is 0.245. The number of hydrogen-bond donors (Lipinski definition) is 2. The molecule has 2 atom stereocenters. The van der Waals surface area contributed by atoms with Crippen molar-refractivity contribution in [3.8, 4) is 0 Å². The molecule has 0 bridgehead atoms. The highest BCUT2D eigenvalue weighted by Gasteiger charge is 2.32. The van der Waals surface area contributed by atoms with E-state index in [4.69, 9.17) is 0 Å². The number of nitrogens with one attached hydrogen (secondary N) is 2. The van der Waals surface area contributed by atoms with Gasteiger partial charge in [0.2, 0.25) is 0 Å². The van der Waals surface area contributed by atoms with Crippen LogP contribution in [0.2, 0.25) is 0 Å². The van der Waals surface area contributed by atoms with Crippen molar-refractivity contribution in [1.29, 1.82) is 0 Å². The minimum atomic E-state index is -3.41. The first-order valence-electron chi connectivity index (χ1n) is 7.49. The second-order valence-electron chi connectivity index (χ2n) is 5.63. The molecule has 0 amide bonds. The SMILES string of the molecule is CNCC1CCCCN1S(=O)(=O)NC(C)Cc1cccs1. The molecule has 1 aromatic heterocycles. The Morgan fingerprint density at radius 3 is 2.95 bits per heavy atom. The maximum absolute atomic E-state index is 12.6. The molecule has 1 aliphatic heterocycles. The van der Waals surface area contributed by atoms with E-state index in [1.807, 2.05) is 31.5 Å². The summed E-state index contributed by atoms with van der Waals surface area (Å²) in [5.41, 5.74) is 0. The first-order valence-corrected chi connectivity index (χ1v) is 9.81. The van der Waals surface area contributed by atoms with Gasteiger partial charge in [-0.25, -0.2) is 0 Å². The van der Waals surface area contributed by atoms with Crippen molar-refractivity contribution in [2.45, 2.75) is 44.7 Å². The van der Waals surface area contributed by atoms with Crippen LogP contribution in [-0.2, 0) is 16.6 Å². The van der Waals surface area contributed by atoms with Crippen LogP contribution < -0.4 is 10.0 Å². The average Bonchev–Trinajstić information content (AvgIpc) is 2.91. The van der Waals surface area contributed by atoms with Gasteiger partial charge in [-0.05, 0) is 44.7 Å². The summed E-state index contributed by atoms with van der Waals surface area (Å²) < 4.78 is 29.7. The van der Waals surface area contributed by atoms with Crippen molar-refractivity contribution < 1.29 is 8.42 Å². The second-order valence-corrected chi connectivity index (χ2v) is 8.31. The summed E-state index contributed by atoms with van der Waals surface area (Å²) in [5, 5.41) is 5.11. The Kier molecular flexibility index (Phi) is 6.19. The van der Waals surface area contributed by atoms with E-state index in [2.05, 4.69) is 10.0 Å². The van der Waals surface area contributed by atoms with E-state index in [0.717, 1.165) is 25.7 Å². The third-order valence-corrected chi connectivity index (χ3v) is 6.46. The van der Waals surface area contributed by atoms with E-state index in [9.17, 15) is 8.42 Å². The molecule has 5 nitrogen and oxygen atoms in total. The van der Waals surface area contributed by atoms with Gasteiger partial charge in [0.15, 0.2) is 0 Å². The van der Waals surface area contributed by atoms with Crippen molar-refractivity contribution in [3.63, 3.8) is 0 Å². The zero-order chi connectivity index (χ0) is 15.3. The molecule has 120 valence electrons. The lowest BCUT2D eigenvalue weighted by atomic mass is 10.1. The van der Waals surface area contributed by atoms with Gasteiger partial charge in [0, 0.05) is 30.1 Å². The van der Waals surface area contributed by atoms with Crippen LogP contribution in [0.3, 0.4) is 0 Å². The molecule has 7 heteroatoms. The molecule has 1 fully saturated rings. The maximum atomic E-state index is 12.6. The molecular weight excluding hydrogens is 306 g/mol. The Hall–Kier alpha value is -0.470. The van der Waals surface area contributed by atoms with E-state index in [1.165, 1.54) is 4.88 Å². The molecule has 2 rings (SSSR count). The molecule has 2 N–H and O–H groups in total. The van der Waals surface area contributed by atoms with Crippen LogP contribution in [0.15, 0.2) is 17.5 Å². The molecule has 2 unspecified atom stereocenters. The highest BCUT2D eigenvalue weighted by Crippen LogP contribution is 2.20. The summed E-state index contributed by atoms with van der Waals surface area (Å²) in [5.74, 6) is 0. The fraction of sp³-hybridized carbons (Fsp3) is 0.714. The van der Waals surface area contributed by atoms with E-state index in [0.29, 0.717) is 13.1 Å². The molecular formula is C14H25N3O2S2. The number of thiophene rings is 1. The van der Waals surface area contributed by atoms with Crippen LogP contribution in [0.25, 0.3) is 0 Å². The predicted octanol–water partition coefficient (Wildman–Crippen LogP) is 1.59.